The molecule has 0 aliphatic carbocycles. The Labute approximate surface area is 129 Å². The molecule has 0 atom stereocenters. The van der Waals surface area contributed by atoms with Crippen molar-refractivity contribution in [2.24, 2.45) is 0 Å². The molecular weight excluding hydrogens is 312 g/mol. The molecule has 1 N–H and O–H groups in total. The molecule has 1 aliphatic heterocycles. The number of hydrogen-bond donors (Lipinski definition) is 1. The Kier molecular flexibility index (Phi) is 8.29. The quantitative estimate of drug-likeness (QED) is 0.684. The fourth-order valence-corrected chi connectivity index (χ4v) is 2.12. The highest BCUT2D eigenvalue weighted by molar-refractivity contribution is 6.30. The summed E-state index contributed by atoms with van der Waals surface area (Å²) in [5, 5.41) is 14.6. The minimum atomic E-state index is -0.372. The Morgan fingerprint density at radius 2 is 1.95 bits per heavy atom. The molecule has 2 rings (SSSR count). The molecule has 1 aromatic carbocycles. The number of piperazine rings is 1. The van der Waals surface area contributed by atoms with Crippen molar-refractivity contribution in [1.82, 2.24) is 10.2 Å². The molecule has 19 heavy (non-hydrogen) atoms. The van der Waals surface area contributed by atoms with E-state index in [1.54, 1.807) is 12.1 Å². The van der Waals surface area contributed by atoms with Crippen molar-refractivity contribution >= 4 is 42.1 Å². The van der Waals surface area contributed by atoms with Gasteiger partial charge in [0.05, 0.1) is 4.92 Å². The average Bonchev–Trinajstić information content (AvgIpc) is 2.32. The summed E-state index contributed by atoms with van der Waals surface area (Å²) >= 11 is 5.78. The molecule has 1 fully saturated rings. The van der Waals surface area contributed by atoms with Crippen molar-refractivity contribution in [2.75, 3.05) is 26.2 Å². The monoisotopic (exact) mass is 327 g/mol. The van der Waals surface area contributed by atoms with E-state index < -0.39 is 0 Å². The van der Waals surface area contributed by atoms with Gasteiger partial charge in [0.1, 0.15) is 0 Å². The van der Waals surface area contributed by atoms with Crippen LogP contribution < -0.4 is 5.32 Å². The topological polar surface area (TPSA) is 58.4 Å². The lowest BCUT2D eigenvalue weighted by Gasteiger charge is -2.26. The van der Waals surface area contributed by atoms with Crippen LogP contribution in [-0.2, 0) is 6.54 Å². The smallest absolute Gasteiger partial charge is 0.275 e. The van der Waals surface area contributed by atoms with Crippen LogP contribution in [0, 0.1) is 10.1 Å². The summed E-state index contributed by atoms with van der Waals surface area (Å²) in [7, 11) is 0. The number of rotatable bonds is 3. The zero-order valence-electron chi connectivity index (χ0n) is 10.2. The Bertz CT molecular complexity index is 426. The molecular formula is C11H16Cl3N3O2. The van der Waals surface area contributed by atoms with E-state index in [-0.39, 0.29) is 35.4 Å². The molecule has 0 unspecified atom stereocenters. The van der Waals surface area contributed by atoms with Crippen LogP contribution in [0.1, 0.15) is 5.56 Å². The van der Waals surface area contributed by atoms with Gasteiger partial charge in [-0.2, -0.15) is 0 Å². The number of nitro groups is 1. The van der Waals surface area contributed by atoms with Gasteiger partial charge < -0.3 is 5.32 Å². The Morgan fingerprint density at radius 1 is 1.32 bits per heavy atom. The van der Waals surface area contributed by atoms with E-state index in [1.807, 2.05) is 0 Å². The molecule has 5 nitrogen and oxygen atoms in total. The van der Waals surface area contributed by atoms with Crippen molar-refractivity contribution < 1.29 is 4.92 Å². The lowest BCUT2D eigenvalue weighted by atomic mass is 10.1. The summed E-state index contributed by atoms with van der Waals surface area (Å²) in [6.07, 6.45) is 0. The van der Waals surface area contributed by atoms with Gasteiger partial charge in [0.25, 0.3) is 5.69 Å². The van der Waals surface area contributed by atoms with E-state index in [9.17, 15) is 10.1 Å². The van der Waals surface area contributed by atoms with Crippen LogP contribution in [0.15, 0.2) is 18.2 Å². The molecule has 8 heteroatoms. The van der Waals surface area contributed by atoms with Gasteiger partial charge in [0, 0.05) is 49.4 Å². The lowest BCUT2D eigenvalue weighted by molar-refractivity contribution is -0.385. The standard InChI is InChI=1S/C11H14ClN3O2.2ClH/c12-10-2-1-9(11(7-10)15(16)17)8-14-5-3-13-4-6-14;;/h1-2,7,13H,3-6,8H2;2*1H. The van der Waals surface area contributed by atoms with Gasteiger partial charge in [-0.15, -0.1) is 24.8 Å². The maximum atomic E-state index is 10.9. The van der Waals surface area contributed by atoms with Gasteiger partial charge in [-0.25, -0.2) is 0 Å². The highest BCUT2D eigenvalue weighted by atomic mass is 35.5. The number of nitrogens with zero attached hydrogens (tertiary/aromatic N) is 2. The van der Waals surface area contributed by atoms with E-state index in [0.29, 0.717) is 11.6 Å². The van der Waals surface area contributed by atoms with Crippen molar-refractivity contribution in [2.45, 2.75) is 6.54 Å². The third-order valence-electron chi connectivity index (χ3n) is 2.85. The molecule has 0 saturated carbocycles. The van der Waals surface area contributed by atoms with Gasteiger partial charge in [-0.3, -0.25) is 15.0 Å². The number of benzene rings is 1. The second-order valence-corrected chi connectivity index (χ2v) is 4.49. The average molecular weight is 329 g/mol. The van der Waals surface area contributed by atoms with Gasteiger partial charge >= 0.3 is 0 Å². The Hall–Kier alpha value is -0.590. The van der Waals surface area contributed by atoms with E-state index in [1.165, 1.54) is 6.07 Å². The fraction of sp³-hybridized carbons (Fsp3) is 0.455. The zero-order chi connectivity index (χ0) is 12.3. The Morgan fingerprint density at radius 3 is 2.53 bits per heavy atom. The maximum absolute atomic E-state index is 10.9. The predicted octanol–water partition coefficient (Wildman–Crippen LogP) is 2.50. The fourth-order valence-electron chi connectivity index (χ4n) is 1.95. The van der Waals surface area contributed by atoms with Crippen LogP contribution >= 0.6 is 36.4 Å². The summed E-state index contributed by atoms with van der Waals surface area (Å²) in [5.74, 6) is 0. The lowest BCUT2D eigenvalue weighted by Crippen LogP contribution is -2.42. The van der Waals surface area contributed by atoms with E-state index in [2.05, 4.69) is 10.2 Å². The molecule has 1 heterocycles. The zero-order valence-corrected chi connectivity index (χ0v) is 12.6. The molecule has 1 saturated heterocycles. The van der Waals surface area contributed by atoms with Crippen LogP contribution in [-0.4, -0.2) is 36.0 Å². The molecule has 1 aliphatic rings. The normalized spacial score (nSPS) is 15.2. The number of nitro benzene ring substituents is 1. The highest BCUT2D eigenvalue weighted by Gasteiger charge is 2.18. The number of nitrogens with one attached hydrogen (secondary N) is 1. The minimum Gasteiger partial charge on any atom is -0.314 e. The van der Waals surface area contributed by atoms with Gasteiger partial charge in [0.15, 0.2) is 0 Å². The second kappa shape index (κ2) is 8.55. The largest absolute Gasteiger partial charge is 0.314 e. The number of hydrogen-bond acceptors (Lipinski definition) is 4. The van der Waals surface area contributed by atoms with Crippen LogP contribution in [0.2, 0.25) is 5.02 Å². The maximum Gasteiger partial charge on any atom is 0.275 e. The summed E-state index contributed by atoms with van der Waals surface area (Å²) in [4.78, 5) is 12.8. The minimum absolute atomic E-state index is 0. The summed E-state index contributed by atoms with van der Waals surface area (Å²) in [6.45, 7) is 4.30. The van der Waals surface area contributed by atoms with Crippen LogP contribution in [0.25, 0.3) is 0 Å². The molecule has 0 aromatic heterocycles. The van der Waals surface area contributed by atoms with Gasteiger partial charge in [-0.05, 0) is 12.1 Å². The van der Waals surface area contributed by atoms with Crippen molar-refractivity contribution in [3.05, 3.63) is 38.9 Å². The van der Waals surface area contributed by atoms with Crippen molar-refractivity contribution in [3.8, 4) is 0 Å². The van der Waals surface area contributed by atoms with Gasteiger partial charge in [0.2, 0.25) is 0 Å². The first-order valence-electron chi connectivity index (χ1n) is 5.53. The summed E-state index contributed by atoms with van der Waals surface area (Å²) in [6, 6.07) is 4.85. The van der Waals surface area contributed by atoms with E-state index in [4.69, 9.17) is 11.6 Å². The molecule has 0 bridgehead atoms. The Balaban J connectivity index is 0.00000162. The van der Waals surface area contributed by atoms with E-state index >= 15 is 0 Å². The summed E-state index contributed by atoms with van der Waals surface area (Å²) in [5.41, 5.74) is 0.831. The predicted molar refractivity (Wildman–Crippen MR) is 80.7 cm³/mol. The molecule has 0 spiro atoms. The SMILES string of the molecule is Cl.Cl.O=[N+]([O-])c1cc(Cl)ccc1CN1CCNCC1. The van der Waals surface area contributed by atoms with Crippen molar-refractivity contribution in [1.29, 1.82) is 0 Å². The van der Waals surface area contributed by atoms with E-state index in [0.717, 1.165) is 31.7 Å². The molecule has 0 amide bonds. The first-order valence-corrected chi connectivity index (χ1v) is 5.90. The van der Waals surface area contributed by atoms with Crippen LogP contribution in [0.3, 0.4) is 0 Å². The third-order valence-corrected chi connectivity index (χ3v) is 3.08. The molecule has 108 valence electrons. The molecule has 1 aromatic rings. The summed E-state index contributed by atoms with van der Waals surface area (Å²) < 4.78 is 0. The molecule has 0 radical (unpaired) electrons. The van der Waals surface area contributed by atoms with Crippen molar-refractivity contribution in [3.63, 3.8) is 0 Å². The van der Waals surface area contributed by atoms with Crippen LogP contribution in [0.5, 0.6) is 0 Å². The first kappa shape index (κ1) is 18.4. The highest BCUT2D eigenvalue weighted by Crippen LogP contribution is 2.24. The van der Waals surface area contributed by atoms with Crippen LogP contribution in [0.4, 0.5) is 5.69 Å². The number of halogens is 3. The van der Waals surface area contributed by atoms with Gasteiger partial charge in [-0.1, -0.05) is 11.6 Å². The third kappa shape index (κ3) is 5.12. The second-order valence-electron chi connectivity index (χ2n) is 4.06. The first-order chi connectivity index (χ1) is 8.16.